The van der Waals surface area contributed by atoms with Gasteiger partial charge in [-0.3, -0.25) is 3.07 Å². The van der Waals surface area contributed by atoms with Crippen LogP contribution in [0.4, 0.5) is 0 Å². The molecule has 3 heteroatoms. The summed E-state index contributed by atoms with van der Waals surface area (Å²) in [6.07, 6.45) is 11.0. The Hall–Kier alpha value is -0.970. The van der Waals surface area contributed by atoms with Crippen molar-refractivity contribution in [2.24, 2.45) is 5.92 Å². The van der Waals surface area contributed by atoms with E-state index in [1.54, 1.807) is 4.08 Å². The first-order valence-electron chi connectivity index (χ1n) is 7.19. The molecule has 2 rings (SSSR count). The fourth-order valence-electron chi connectivity index (χ4n) is 2.34. The second kappa shape index (κ2) is 8.35. The number of hydrogen-bond acceptors (Lipinski definition) is 2. The SMILES string of the molecule is Cc1cccc(C(CCC2CC2)N/C=C\C=C/I=O)c1. The summed E-state index contributed by atoms with van der Waals surface area (Å²) in [6.45, 7) is 2.14. The van der Waals surface area contributed by atoms with Crippen LogP contribution < -0.4 is 5.32 Å². The van der Waals surface area contributed by atoms with Crippen LogP contribution in [0.2, 0.25) is 0 Å². The molecule has 1 atom stereocenters. The molecule has 0 aliphatic heterocycles. The zero-order valence-corrected chi connectivity index (χ0v) is 14.0. The largest absolute Gasteiger partial charge is 0.384 e. The van der Waals surface area contributed by atoms with Gasteiger partial charge in [-0.25, -0.2) is 0 Å². The van der Waals surface area contributed by atoms with Gasteiger partial charge in [0, 0.05) is 4.08 Å². The average molecular weight is 383 g/mol. The highest BCUT2D eigenvalue weighted by molar-refractivity contribution is 14.2. The zero-order valence-electron chi connectivity index (χ0n) is 11.9. The van der Waals surface area contributed by atoms with E-state index in [0.717, 1.165) is 5.92 Å². The molecule has 1 unspecified atom stereocenters. The van der Waals surface area contributed by atoms with Gasteiger partial charge < -0.3 is 5.32 Å². The monoisotopic (exact) mass is 383 g/mol. The standard InChI is InChI=1S/C17H22INO/c1-14-5-4-6-16(13-14)17(10-9-15-7-8-15)19-12-3-2-11-18-20/h2-6,11-13,15,17,19H,7-10H2,1H3/b11-2-,12-3-. The maximum absolute atomic E-state index is 10.4. The third-order valence-electron chi connectivity index (χ3n) is 3.63. The van der Waals surface area contributed by atoms with E-state index < -0.39 is 21.2 Å². The van der Waals surface area contributed by atoms with E-state index in [2.05, 4.69) is 36.5 Å². The van der Waals surface area contributed by atoms with Crippen molar-refractivity contribution in [3.8, 4) is 0 Å². The van der Waals surface area contributed by atoms with E-state index >= 15 is 0 Å². The van der Waals surface area contributed by atoms with Crippen molar-refractivity contribution in [3.05, 3.63) is 57.8 Å². The highest BCUT2D eigenvalue weighted by Gasteiger charge is 2.22. The van der Waals surface area contributed by atoms with Crippen molar-refractivity contribution in [1.82, 2.24) is 5.32 Å². The van der Waals surface area contributed by atoms with Crippen molar-refractivity contribution < 1.29 is 3.07 Å². The molecule has 108 valence electrons. The van der Waals surface area contributed by atoms with E-state index in [1.807, 2.05) is 18.4 Å². The smallest absolute Gasteiger partial charge is 0.173 e. The number of hydrogen-bond donors (Lipinski definition) is 1. The van der Waals surface area contributed by atoms with Gasteiger partial charge in [0.2, 0.25) is 0 Å². The molecule has 0 bridgehead atoms. The fourth-order valence-corrected chi connectivity index (χ4v) is 2.75. The highest BCUT2D eigenvalue weighted by atomic mass is 127. The van der Waals surface area contributed by atoms with Gasteiger partial charge in [-0.05, 0) is 43.5 Å². The molecular weight excluding hydrogens is 361 g/mol. The van der Waals surface area contributed by atoms with Gasteiger partial charge in [0.1, 0.15) is 0 Å². The summed E-state index contributed by atoms with van der Waals surface area (Å²) in [4.78, 5) is 0. The Kier molecular flexibility index (Phi) is 6.43. The molecule has 1 aliphatic rings. The van der Waals surface area contributed by atoms with E-state index in [0.29, 0.717) is 6.04 Å². The predicted molar refractivity (Wildman–Crippen MR) is 92.0 cm³/mol. The normalized spacial score (nSPS) is 16.9. The van der Waals surface area contributed by atoms with Gasteiger partial charge in [0.05, 0.1) is 6.04 Å². The molecule has 0 saturated heterocycles. The number of benzene rings is 1. The van der Waals surface area contributed by atoms with Crippen LogP contribution in [0.3, 0.4) is 0 Å². The number of nitrogens with one attached hydrogen (secondary N) is 1. The fraction of sp³-hybridized carbons (Fsp3) is 0.412. The minimum Gasteiger partial charge on any atom is -0.384 e. The molecule has 1 aromatic carbocycles. The first kappa shape index (κ1) is 15.4. The molecule has 1 fully saturated rings. The molecule has 0 aromatic heterocycles. The summed E-state index contributed by atoms with van der Waals surface area (Å²) in [5.74, 6) is 0.957. The molecule has 0 amide bonds. The van der Waals surface area contributed by atoms with Gasteiger partial charge in [-0.2, -0.15) is 0 Å². The maximum Gasteiger partial charge on any atom is 0.173 e. The van der Waals surface area contributed by atoms with Gasteiger partial charge in [-0.15, -0.1) is 0 Å². The van der Waals surface area contributed by atoms with Gasteiger partial charge in [0.25, 0.3) is 0 Å². The number of rotatable bonds is 8. The lowest BCUT2D eigenvalue weighted by atomic mass is 9.99. The molecule has 1 N–H and O–H groups in total. The molecule has 1 aromatic rings. The Labute approximate surface area is 132 Å². The minimum absolute atomic E-state index is 0.377. The summed E-state index contributed by atoms with van der Waals surface area (Å²) in [5.41, 5.74) is 2.66. The van der Waals surface area contributed by atoms with Crippen LogP contribution in [0, 0.1) is 12.8 Å². The molecular formula is C17H22INO. The minimum atomic E-state index is -0.992. The summed E-state index contributed by atoms with van der Waals surface area (Å²) >= 11 is -0.992. The molecule has 1 aliphatic carbocycles. The van der Waals surface area contributed by atoms with Crippen LogP contribution in [-0.2, 0) is 3.07 Å². The van der Waals surface area contributed by atoms with Gasteiger partial charge in [0.15, 0.2) is 21.2 Å². The number of aryl methyl sites for hydroxylation is 1. The molecule has 0 radical (unpaired) electrons. The number of allylic oxidation sites excluding steroid dienone is 2. The van der Waals surface area contributed by atoms with Crippen LogP contribution >= 0.6 is 21.2 Å². The Bertz CT molecular complexity index is 492. The Morgan fingerprint density at radius 2 is 2.25 bits per heavy atom. The van der Waals surface area contributed by atoms with E-state index in [1.165, 1.54) is 36.8 Å². The molecule has 2 nitrogen and oxygen atoms in total. The average Bonchev–Trinajstić information content (AvgIpc) is 3.26. The third-order valence-corrected chi connectivity index (χ3v) is 4.34. The summed E-state index contributed by atoms with van der Waals surface area (Å²) in [5, 5.41) is 3.48. The first-order valence-corrected chi connectivity index (χ1v) is 9.32. The summed E-state index contributed by atoms with van der Waals surface area (Å²) < 4.78 is 12.2. The van der Waals surface area contributed by atoms with Gasteiger partial charge in [-0.1, -0.05) is 48.7 Å². The van der Waals surface area contributed by atoms with E-state index in [-0.39, 0.29) is 0 Å². The first-order chi connectivity index (χ1) is 9.79. The molecule has 1 saturated carbocycles. The second-order valence-electron chi connectivity index (χ2n) is 5.42. The second-order valence-corrected chi connectivity index (χ2v) is 6.65. The zero-order chi connectivity index (χ0) is 14.2. The van der Waals surface area contributed by atoms with Crippen molar-refractivity contribution in [1.29, 1.82) is 0 Å². The van der Waals surface area contributed by atoms with Crippen LogP contribution in [0.15, 0.2) is 46.7 Å². The lowest BCUT2D eigenvalue weighted by Crippen LogP contribution is -2.15. The lowest BCUT2D eigenvalue weighted by molar-refractivity contribution is 0.522. The predicted octanol–water partition coefficient (Wildman–Crippen LogP) is 5.16. The quantitative estimate of drug-likeness (QED) is 0.496. The molecule has 0 heterocycles. The summed E-state index contributed by atoms with van der Waals surface area (Å²) in [7, 11) is 0. The van der Waals surface area contributed by atoms with Crippen molar-refractivity contribution in [3.63, 3.8) is 0 Å². The van der Waals surface area contributed by atoms with E-state index in [4.69, 9.17) is 0 Å². The van der Waals surface area contributed by atoms with Gasteiger partial charge >= 0.3 is 0 Å². The Balaban J connectivity index is 1.97. The third kappa shape index (κ3) is 5.57. The Morgan fingerprint density at radius 1 is 1.40 bits per heavy atom. The maximum atomic E-state index is 10.4. The molecule has 0 spiro atoms. The van der Waals surface area contributed by atoms with Crippen LogP contribution in [0.1, 0.15) is 42.9 Å². The lowest BCUT2D eigenvalue weighted by Gasteiger charge is -2.18. The van der Waals surface area contributed by atoms with Crippen LogP contribution in [-0.4, -0.2) is 0 Å². The van der Waals surface area contributed by atoms with Crippen LogP contribution in [0.25, 0.3) is 0 Å². The topological polar surface area (TPSA) is 29.1 Å². The van der Waals surface area contributed by atoms with Crippen molar-refractivity contribution in [2.45, 2.75) is 38.6 Å². The number of halogens is 1. The van der Waals surface area contributed by atoms with Crippen molar-refractivity contribution >= 4 is 21.2 Å². The highest BCUT2D eigenvalue weighted by Crippen LogP contribution is 2.36. The van der Waals surface area contributed by atoms with Crippen LogP contribution in [0.5, 0.6) is 0 Å². The molecule has 20 heavy (non-hydrogen) atoms. The Morgan fingerprint density at radius 3 is 2.95 bits per heavy atom. The summed E-state index contributed by atoms with van der Waals surface area (Å²) in [6, 6.07) is 9.10. The van der Waals surface area contributed by atoms with E-state index in [9.17, 15) is 3.07 Å². The van der Waals surface area contributed by atoms with Crippen molar-refractivity contribution in [2.75, 3.05) is 0 Å².